The molecular formula is C41H50O6. The summed E-state index contributed by atoms with van der Waals surface area (Å²) in [7, 11) is 1.54. The molecule has 1 aliphatic carbocycles. The summed E-state index contributed by atoms with van der Waals surface area (Å²) in [5.74, 6) is 1.59. The lowest BCUT2D eigenvalue weighted by Crippen LogP contribution is -2.16. The Labute approximate surface area is 280 Å². The van der Waals surface area contributed by atoms with Crippen LogP contribution in [0.15, 0.2) is 91.0 Å². The molecule has 0 aromatic heterocycles. The highest BCUT2D eigenvalue weighted by atomic mass is 16.6. The van der Waals surface area contributed by atoms with Gasteiger partial charge in [-0.1, -0.05) is 94.7 Å². The maximum Gasteiger partial charge on any atom is 0.341 e. The Hall–Kier alpha value is -4.16. The van der Waals surface area contributed by atoms with Gasteiger partial charge in [0.25, 0.3) is 0 Å². The van der Waals surface area contributed by atoms with Gasteiger partial charge in [0.05, 0.1) is 12.2 Å². The fourth-order valence-corrected chi connectivity index (χ4v) is 6.24. The molecule has 3 aromatic carbocycles. The molecule has 0 radical (unpaired) electrons. The van der Waals surface area contributed by atoms with Crippen LogP contribution >= 0.6 is 0 Å². The second-order valence-electron chi connectivity index (χ2n) is 12.6. The lowest BCUT2D eigenvalue weighted by Gasteiger charge is -2.30. The first kappa shape index (κ1) is 35.7. The first-order valence-corrected chi connectivity index (χ1v) is 17.0. The number of carbonyl (C=O) groups is 2. The molecule has 0 heterocycles. The molecule has 0 amide bonds. The van der Waals surface area contributed by atoms with Gasteiger partial charge in [0.1, 0.15) is 24.7 Å². The van der Waals surface area contributed by atoms with Crippen molar-refractivity contribution in [2.45, 2.75) is 77.6 Å². The molecule has 0 unspecified atom stereocenters. The van der Waals surface area contributed by atoms with E-state index in [1.807, 2.05) is 30.3 Å². The summed E-state index contributed by atoms with van der Waals surface area (Å²) >= 11 is 0. The highest BCUT2D eigenvalue weighted by Crippen LogP contribution is 2.43. The SMILES string of the molecule is C=C(C)C(=O)OCCOc1ccc(-c2ccc(-c3ccc(OC(=O)C(=C)COC)cc3C3CCC(CCCCCC)CC3)cc2)cc1. The Bertz CT molecular complexity index is 1480. The number of benzene rings is 3. The first-order valence-electron chi connectivity index (χ1n) is 17.0. The highest BCUT2D eigenvalue weighted by molar-refractivity contribution is 5.90. The van der Waals surface area contributed by atoms with Gasteiger partial charge in [0.2, 0.25) is 0 Å². The van der Waals surface area contributed by atoms with E-state index in [9.17, 15) is 9.59 Å². The number of methoxy groups -OCH3 is 1. The van der Waals surface area contributed by atoms with Gasteiger partial charge >= 0.3 is 11.9 Å². The summed E-state index contributed by atoms with van der Waals surface area (Å²) in [5.41, 5.74) is 6.39. The molecule has 0 aliphatic heterocycles. The van der Waals surface area contributed by atoms with Crippen molar-refractivity contribution in [3.05, 3.63) is 96.6 Å². The van der Waals surface area contributed by atoms with E-state index >= 15 is 0 Å². The monoisotopic (exact) mass is 638 g/mol. The Morgan fingerprint density at radius 3 is 2.04 bits per heavy atom. The van der Waals surface area contributed by atoms with Crippen LogP contribution in [0.2, 0.25) is 0 Å². The summed E-state index contributed by atoms with van der Waals surface area (Å²) in [6.45, 7) is 11.8. The average molecular weight is 639 g/mol. The molecule has 4 rings (SSSR count). The van der Waals surface area contributed by atoms with E-state index < -0.39 is 11.9 Å². The van der Waals surface area contributed by atoms with Crippen molar-refractivity contribution in [2.75, 3.05) is 26.9 Å². The zero-order valence-electron chi connectivity index (χ0n) is 28.4. The molecule has 6 nitrogen and oxygen atoms in total. The zero-order chi connectivity index (χ0) is 33.6. The fourth-order valence-electron chi connectivity index (χ4n) is 6.24. The summed E-state index contributed by atoms with van der Waals surface area (Å²) in [6, 6.07) is 22.5. The Kier molecular flexibility index (Phi) is 13.9. The fraction of sp³-hybridized carbons (Fsp3) is 0.415. The molecular weight excluding hydrogens is 588 g/mol. The minimum absolute atomic E-state index is 0.140. The number of ether oxygens (including phenoxy) is 4. The predicted octanol–water partition coefficient (Wildman–Crippen LogP) is 9.87. The van der Waals surface area contributed by atoms with E-state index in [-0.39, 0.29) is 19.8 Å². The number of rotatable bonds is 17. The second kappa shape index (κ2) is 18.2. The van der Waals surface area contributed by atoms with Crippen LogP contribution in [0.5, 0.6) is 11.5 Å². The van der Waals surface area contributed by atoms with Crippen LogP contribution < -0.4 is 9.47 Å². The molecule has 0 saturated heterocycles. The maximum atomic E-state index is 12.6. The summed E-state index contributed by atoms with van der Waals surface area (Å²) in [4.78, 5) is 24.1. The molecule has 1 aliphatic rings. The van der Waals surface area contributed by atoms with Gasteiger partial charge in [0.15, 0.2) is 0 Å². The summed E-state index contributed by atoms with van der Waals surface area (Å²) in [6.07, 6.45) is 11.4. The van der Waals surface area contributed by atoms with Gasteiger partial charge in [-0.25, -0.2) is 9.59 Å². The Morgan fingerprint density at radius 1 is 0.766 bits per heavy atom. The van der Waals surface area contributed by atoms with Crippen LogP contribution in [-0.4, -0.2) is 38.9 Å². The topological polar surface area (TPSA) is 71.1 Å². The molecule has 47 heavy (non-hydrogen) atoms. The normalized spacial score (nSPS) is 15.9. The van der Waals surface area contributed by atoms with Crippen LogP contribution in [-0.2, 0) is 19.1 Å². The van der Waals surface area contributed by atoms with Crippen molar-refractivity contribution in [1.29, 1.82) is 0 Å². The van der Waals surface area contributed by atoms with Gasteiger partial charge in [-0.05, 0) is 96.5 Å². The lowest BCUT2D eigenvalue weighted by atomic mass is 9.75. The van der Waals surface area contributed by atoms with Gasteiger partial charge in [-0.15, -0.1) is 0 Å². The van der Waals surface area contributed by atoms with Gasteiger partial charge in [-0.3, -0.25) is 0 Å². The maximum absolute atomic E-state index is 12.6. The molecule has 0 spiro atoms. The van der Waals surface area contributed by atoms with E-state index in [1.54, 1.807) is 6.92 Å². The van der Waals surface area contributed by atoms with Crippen molar-refractivity contribution in [3.63, 3.8) is 0 Å². The van der Waals surface area contributed by atoms with Gasteiger partial charge < -0.3 is 18.9 Å². The number of hydrogen-bond acceptors (Lipinski definition) is 6. The number of unbranched alkanes of at least 4 members (excludes halogenated alkanes) is 3. The lowest BCUT2D eigenvalue weighted by molar-refractivity contribution is -0.139. The molecule has 0 N–H and O–H groups in total. The second-order valence-corrected chi connectivity index (χ2v) is 12.6. The minimum atomic E-state index is -0.465. The van der Waals surface area contributed by atoms with Crippen molar-refractivity contribution in [2.24, 2.45) is 5.92 Å². The van der Waals surface area contributed by atoms with Crippen molar-refractivity contribution in [3.8, 4) is 33.8 Å². The Morgan fingerprint density at radius 2 is 1.40 bits per heavy atom. The van der Waals surface area contributed by atoms with E-state index in [2.05, 4.69) is 56.5 Å². The summed E-state index contributed by atoms with van der Waals surface area (Å²) in [5, 5.41) is 0. The minimum Gasteiger partial charge on any atom is -0.490 e. The number of hydrogen-bond donors (Lipinski definition) is 0. The van der Waals surface area contributed by atoms with E-state index in [0.717, 1.165) is 35.4 Å². The smallest absolute Gasteiger partial charge is 0.341 e. The van der Waals surface area contributed by atoms with Crippen molar-refractivity contribution < 1.29 is 28.5 Å². The van der Waals surface area contributed by atoms with Crippen LogP contribution in [0.1, 0.15) is 83.1 Å². The summed E-state index contributed by atoms with van der Waals surface area (Å²) < 4.78 is 21.6. The third-order valence-corrected chi connectivity index (χ3v) is 8.91. The molecule has 250 valence electrons. The van der Waals surface area contributed by atoms with E-state index in [1.165, 1.54) is 63.2 Å². The molecule has 1 saturated carbocycles. The zero-order valence-corrected chi connectivity index (χ0v) is 28.4. The molecule has 0 atom stereocenters. The van der Waals surface area contributed by atoms with Crippen LogP contribution in [0.4, 0.5) is 0 Å². The predicted molar refractivity (Wildman–Crippen MR) is 189 cm³/mol. The van der Waals surface area contributed by atoms with Gasteiger partial charge in [0, 0.05) is 12.7 Å². The average Bonchev–Trinajstić information content (AvgIpc) is 3.09. The van der Waals surface area contributed by atoms with Crippen LogP contribution in [0.25, 0.3) is 22.3 Å². The van der Waals surface area contributed by atoms with E-state index in [4.69, 9.17) is 18.9 Å². The van der Waals surface area contributed by atoms with Crippen LogP contribution in [0.3, 0.4) is 0 Å². The Balaban J connectivity index is 1.47. The molecule has 6 heteroatoms. The first-order chi connectivity index (χ1) is 22.8. The molecule has 3 aromatic rings. The largest absolute Gasteiger partial charge is 0.490 e. The van der Waals surface area contributed by atoms with Crippen molar-refractivity contribution >= 4 is 11.9 Å². The molecule has 0 bridgehead atoms. The quantitative estimate of drug-likeness (QED) is 0.0634. The van der Waals surface area contributed by atoms with Gasteiger partial charge in [-0.2, -0.15) is 0 Å². The standard InChI is InChI=1S/C41H50O6/c1-6-7-8-9-10-31-11-13-35(14-12-31)39-27-37(47-41(43)30(4)28-44-5)23-24-38(39)34-17-15-32(16-18-34)33-19-21-36(22-20-33)45-25-26-46-40(42)29(2)3/h15-24,27,31,35H,2,4,6-14,25-26,28H2,1,3,5H3. The number of esters is 2. The third kappa shape index (κ3) is 10.7. The number of carbonyl (C=O) groups excluding carboxylic acids is 2. The third-order valence-electron chi connectivity index (χ3n) is 8.91. The molecule has 1 fully saturated rings. The van der Waals surface area contributed by atoms with Crippen molar-refractivity contribution in [1.82, 2.24) is 0 Å². The van der Waals surface area contributed by atoms with Crippen LogP contribution in [0, 0.1) is 5.92 Å². The van der Waals surface area contributed by atoms with E-state index in [0.29, 0.717) is 28.6 Å². The highest BCUT2D eigenvalue weighted by Gasteiger charge is 2.25.